The first kappa shape index (κ1) is 17.1. The van der Waals surface area contributed by atoms with Gasteiger partial charge < -0.3 is 10.1 Å². The molecule has 1 amide bonds. The van der Waals surface area contributed by atoms with Crippen LogP contribution in [-0.4, -0.2) is 17.5 Å². The number of nitrogens with one attached hydrogen (secondary N) is 1. The van der Waals surface area contributed by atoms with Crippen LogP contribution in [-0.2, 0) is 0 Å². The molecule has 1 N–H and O–H groups in total. The number of hydrogen-bond donors (Lipinski definition) is 1. The number of nitrogens with zero attached hydrogens (tertiary/aromatic N) is 1. The smallest absolute Gasteiger partial charge is 0.263 e. The lowest BCUT2D eigenvalue weighted by Crippen LogP contribution is -2.32. The SMILES string of the molecule is Cc1ncsc1C(=O)NC(COc1ccccc1F)c1ccccc1. The predicted octanol–water partition coefficient (Wildman–Crippen LogP) is 4.14. The highest BCUT2D eigenvalue weighted by Crippen LogP contribution is 2.20. The number of benzene rings is 2. The molecule has 0 fully saturated rings. The number of aryl methyl sites for hydroxylation is 1. The van der Waals surface area contributed by atoms with Crippen molar-refractivity contribution in [1.29, 1.82) is 0 Å². The maximum atomic E-state index is 13.8. The van der Waals surface area contributed by atoms with E-state index in [-0.39, 0.29) is 18.3 Å². The van der Waals surface area contributed by atoms with Gasteiger partial charge in [-0.25, -0.2) is 9.37 Å². The van der Waals surface area contributed by atoms with E-state index in [1.54, 1.807) is 30.6 Å². The number of amides is 1. The van der Waals surface area contributed by atoms with E-state index in [4.69, 9.17) is 4.74 Å². The first-order valence-electron chi connectivity index (χ1n) is 7.78. The number of thiazole rings is 1. The molecule has 0 saturated heterocycles. The molecule has 1 aromatic heterocycles. The van der Waals surface area contributed by atoms with Gasteiger partial charge in [-0.3, -0.25) is 4.79 Å². The average molecular weight is 356 g/mol. The highest BCUT2D eigenvalue weighted by molar-refractivity contribution is 7.11. The van der Waals surface area contributed by atoms with Crippen LogP contribution in [0.15, 0.2) is 60.1 Å². The van der Waals surface area contributed by atoms with E-state index < -0.39 is 11.9 Å². The van der Waals surface area contributed by atoms with Gasteiger partial charge in [0.15, 0.2) is 11.6 Å². The lowest BCUT2D eigenvalue weighted by Gasteiger charge is -2.20. The molecule has 0 aliphatic rings. The predicted molar refractivity (Wildman–Crippen MR) is 95.4 cm³/mol. The molecule has 128 valence electrons. The Morgan fingerprint density at radius 1 is 1.20 bits per heavy atom. The zero-order valence-electron chi connectivity index (χ0n) is 13.6. The maximum Gasteiger partial charge on any atom is 0.263 e. The average Bonchev–Trinajstić information content (AvgIpc) is 3.06. The summed E-state index contributed by atoms with van der Waals surface area (Å²) in [6.07, 6.45) is 0. The van der Waals surface area contributed by atoms with Gasteiger partial charge >= 0.3 is 0 Å². The minimum atomic E-state index is -0.432. The molecule has 25 heavy (non-hydrogen) atoms. The van der Waals surface area contributed by atoms with E-state index in [0.29, 0.717) is 10.6 Å². The second kappa shape index (κ2) is 7.90. The zero-order chi connectivity index (χ0) is 17.6. The molecule has 1 unspecified atom stereocenters. The van der Waals surface area contributed by atoms with Crippen LogP contribution in [0, 0.1) is 12.7 Å². The molecule has 3 aromatic rings. The molecule has 1 atom stereocenters. The molecule has 0 aliphatic carbocycles. The first-order valence-corrected chi connectivity index (χ1v) is 8.66. The van der Waals surface area contributed by atoms with Crippen LogP contribution in [0.25, 0.3) is 0 Å². The summed E-state index contributed by atoms with van der Waals surface area (Å²) >= 11 is 1.29. The number of hydrogen-bond acceptors (Lipinski definition) is 4. The van der Waals surface area contributed by atoms with Crippen molar-refractivity contribution >= 4 is 17.2 Å². The Balaban J connectivity index is 1.77. The second-order valence-electron chi connectivity index (χ2n) is 5.45. The summed E-state index contributed by atoms with van der Waals surface area (Å²) in [6.45, 7) is 1.91. The standard InChI is InChI=1S/C19H17FN2O2S/c1-13-18(25-12-21-13)19(23)22-16(14-7-3-2-4-8-14)11-24-17-10-6-5-9-15(17)20/h2-10,12,16H,11H2,1H3,(H,22,23). The molecule has 1 heterocycles. The van der Waals surface area contributed by atoms with Gasteiger partial charge in [-0.1, -0.05) is 42.5 Å². The van der Waals surface area contributed by atoms with Crippen LogP contribution < -0.4 is 10.1 Å². The van der Waals surface area contributed by atoms with E-state index in [0.717, 1.165) is 5.56 Å². The van der Waals surface area contributed by atoms with Crippen molar-refractivity contribution in [1.82, 2.24) is 10.3 Å². The van der Waals surface area contributed by atoms with Crippen molar-refractivity contribution in [2.24, 2.45) is 0 Å². The molecule has 3 rings (SSSR count). The number of carbonyl (C=O) groups excluding carboxylic acids is 1. The topological polar surface area (TPSA) is 51.2 Å². The zero-order valence-corrected chi connectivity index (χ0v) is 14.4. The Labute approximate surface area is 149 Å². The highest BCUT2D eigenvalue weighted by Gasteiger charge is 2.19. The van der Waals surface area contributed by atoms with Gasteiger partial charge in [0.05, 0.1) is 17.2 Å². The van der Waals surface area contributed by atoms with Gasteiger partial charge in [-0.2, -0.15) is 0 Å². The summed E-state index contributed by atoms with van der Waals surface area (Å²) in [4.78, 5) is 17.2. The molecular formula is C19H17FN2O2S. The third-order valence-electron chi connectivity index (χ3n) is 3.70. The third kappa shape index (κ3) is 4.22. The molecule has 0 radical (unpaired) electrons. The van der Waals surface area contributed by atoms with E-state index in [2.05, 4.69) is 10.3 Å². The third-order valence-corrected chi connectivity index (χ3v) is 4.63. The van der Waals surface area contributed by atoms with Gasteiger partial charge in [-0.05, 0) is 24.6 Å². The first-order chi connectivity index (χ1) is 12.1. The minimum absolute atomic E-state index is 0.120. The number of para-hydroxylation sites is 1. The molecule has 0 spiro atoms. The fourth-order valence-corrected chi connectivity index (χ4v) is 3.09. The van der Waals surface area contributed by atoms with Crippen molar-refractivity contribution in [2.45, 2.75) is 13.0 Å². The van der Waals surface area contributed by atoms with Crippen molar-refractivity contribution in [3.8, 4) is 5.75 Å². The maximum absolute atomic E-state index is 13.8. The molecule has 4 nitrogen and oxygen atoms in total. The van der Waals surface area contributed by atoms with Gasteiger partial charge in [0, 0.05) is 0 Å². The number of carbonyl (C=O) groups is 1. The van der Waals surface area contributed by atoms with Crippen LogP contribution in [0.4, 0.5) is 4.39 Å². The molecule has 0 aliphatic heterocycles. The number of ether oxygens (including phenoxy) is 1. The van der Waals surface area contributed by atoms with Gasteiger partial charge in [0.1, 0.15) is 11.5 Å². The van der Waals surface area contributed by atoms with Crippen molar-refractivity contribution < 1.29 is 13.9 Å². The molecule has 6 heteroatoms. The largest absolute Gasteiger partial charge is 0.488 e. The van der Waals surface area contributed by atoms with Crippen LogP contribution >= 0.6 is 11.3 Å². The Morgan fingerprint density at radius 3 is 2.60 bits per heavy atom. The summed E-state index contributed by atoms with van der Waals surface area (Å²) in [6, 6.07) is 15.3. The van der Waals surface area contributed by atoms with Gasteiger partial charge in [-0.15, -0.1) is 11.3 Å². The van der Waals surface area contributed by atoms with Gasteiger partial charge in [0.25, 0.3) is 5.91 Å². The van der Waals surface area contributed by atoms with Crippen molar-refractivity contribution in [3.05, 3.63) is 82.1 Å². The Kier molecular flexibility index (Phi) is 5.40. The second-order valence-corrected chi connectivity index (χ2v) is 6.30. The quantitative estimate of drug-likeness (QED) is 0.722. The molecule has 0 bridgehead atoms. The van der Waals surface area contributed by atoms with Gasteiger partial charge in [0.2, 0.25) is 0 Å². The Hall–Kier alpha value is -2.73. The summed E-state index contributed by atoms with van der Waals surface area (Å²) in [5.41, 5.74) is 3.20. The normalized spacial score (nSPS) is 11.8. The number of aromatic nitrogens is 1. The van der Waals surface area contributed by atoms with E-state index in [1.165, 1.54) is 17.4 Å². The minimum Gasteiger partial charge on any atom is -0.488 e. The molecule has 0 saturated carbocycles. The Bertz CT molecular complexity index is 851. The molecular weight excluding hydrogens is 339 g/mol. The lowest BCUT2D eigenvalue weighted by molar-refractivity contribution is 0.0924. The summed E-state index contributed by atoms with van der Waals surface area (Å²) < 4.78 is 19.4. The van der Waals surface area contributed by atoms with E-state index in [1.807, 2.05) is 30.3 Å². The van der Waals surface area contributed by atoms with E-state index >= 15 is 0 Å². The number of halogens is 1. The fourth-order valence-electron chi connectivity index (χ4n) is 2.39. The summed E-state index contributed by atoms with van der Waals surface area (Å²) in [7, 11) is 0. The van der Waals surface area contributed by atoms with E-state index in [9.17, 15) is 9.18 Å². The molecule has 2 aromatic carbocycles. The van der Waals surface area contributed by atoms with Crippen LogP contribution in [0.1, 0.15) is 27.0 Å². The highest BCUT2D eigenvalue weighted by atomic mass is 32.1. The summed E-state index contributed by atoms with van der Waals surface area (Å²) in [5.74, 6) is -0.489. The van der Waals surface area contributed by atoms with Crippen LogP contribution in [0.2, 0.25) is 0 Å². The van der Waals surface area contributed by atoms with Crippen molar-refractivity contribution in [3.63, 3.8) is 0 Å². The summed E-state index contributed by atoms with van der Waals surface area (Å²) in [5, 5.41) is 2.95. The lowest BCUT2D eigenvalue weighted by atomic mass is 10.1. The number of rotatable bonds is 6. The Morgan fingerprint density at radius 2 is 1.92 bits per heavy atom. The van der Waals surface area contributed by atoms with Crippen LogP contribution in [0.3, 0.4) is 0 Å². The van der Waals surface area contributed by atoms with Crippen LogP contribution in [0.5, 0.6) is 5.75 Å². The van der Waals surface area contributed by atoms with Crippen molar-refractivity contribution in [2.75, 3.05) is 6.61 Å². The monoisotopic (exact) mass is 356 g/mol. The fraction of sp³-hybridized carbons (Fsp3) is 0.158.